The average Bonchev–Trinajstić information content (AvgIpc) is 2.30. The third-order valence-corrected chi connectivity index (χ3v) is 3.05. The molecular weight excluding hydrogens is 196 g/mol. The number of allylic oxidation sites excluding steroid dienone is 2. The molecule has 0 aromatic carbocycles. The van der Waals surface area contributed by atoms with E-state index in [2.05, 4.69) is 25.0 Å². The van der Waals surface area contributed by atoms with E-state index >= 15 is 0 Å². The molecule has 86 valence electrons. The monoisotopic (exact) mass is 216 g/mol. The molecule has 0 spiro atoms. The highest BCUT2D eigenvalue weighted by Crippen LogP contribution is 2.17. The van der Waals surface area contributed by atoms with E-state index in [1.165, 1.54) is 12.8 Å². The summed E-state index contributed by atoms with van der Waals surface area (Å²) < 4.78 is 0. The van der Waals surface area contributed by atoms with Crippen LogP contribution in [0.5, 0.6) is 0 Å². The summed E-state index contributed by atoms with van der Waals surface area (Å²) in [5.41, 5.74) is 1.58. The quantitative estimate of drug-likeness (QED) is 0.533. The Labute approximate surface area is 98.6 Å². The van der Waals surface area contributed by atoms with Crippen LogP contribution in [0, 0.1) is 17.2 Å². The Morgan fingerprint density at radius 1 is 1.50 bits per heavy atom. The maximum Gasteiger partial charge on any atom is 0.0985 e. The Bertz CT molecular complexity index is 325. The second kappa shape index (κ2) is 6.30. The van der Waals surface area contributed by atoms with Gasteiger partial charge < -0.3 is 0 Å². The van der Waals surface area contributed by atoms with Crippen molar-refractivity contribution in [2.75, 3.05) is 19.6 Å². The fourth-order valence-corrected chi connectivity index (χ4v) is 1.90. The molecule has 0 aromatic rings. The van der Waals surface area contributed by atoms with Gasteiger partial charge in [0, 0.05) is 12.1 Å². The van der Waals surface area contributed by atoms with Gasteiger partial charge in [-0.3, -0.25) is 4.90 Å². The van der Waals surface area contributed by atoms with E-state index in [0.717, 1.165) is 31.1 Å². The van der Waals surface area contributed by atoms with Gasteiger partial charge in [-0.25, -0.2) is 0 Å². The number of piperidine rings is 1. The number of nitrogens with zero attached hydrogens (tertiary/aromatic N) is 2. The molecule has 0 saturated carbocycles. The zero-order chi connectivity index (χ0) is 12.0. The summed E-state index contributed by atoms with van der Waals surface area (Å²) in [5, 5.41) is 8.68. The first kappa shape index (κ1) is 12.7. The van der Waals surface area contributed by atoms with Gasteiger partial charge in [-0.05, 0) is 43.5 Å². The molecular formula is C14H20N2. The Balaban J connectivity index is 2.51. The summed E-state index contributed by atoms with van der Waals surface area (Å²) in [6.45, 7) is 12.9. The van der Waals surface area contributed by atoms with Crippen LogP contribution in [-0.4, -0.2) is 24.5 Å². The fourth-order valence-electron chi connectivity index (χ4n) is 1.90. The summed E-state index contributed by atoms with van der Waals surface area (Å²) in [6, 6.07) is 2.04. The third kappa shape index (κ3) is 4.04. The molecule has 0 aromatic heterocycles. The first-order chi connectivity index (χ1) is 7.65. The molecule has 1 heterocycles. The highest BCUT2D eigenvalue weighted by Gasteiger charge is 2.15. The van der Waals surface area contributed by atoms with Crippen molar-refractivity contribution >= 4 is 0 Å². The molecule has 1 fully saturated rings. The molecule has 0 bridgehead atoms. The van der Waals surface area contributed by atoms with Gasteiger partial charge in [0.2, 0.25) is 0 Å². The maximum atomic E-state index is 8.68. The summed E-state index contributed by atoms with van der Waals surface area (Å²) in [4.78, 5) is 2.41. The lowest BCUT2D eigenvalue weighted by molar-refractivity contribution is 0.207. The lowest BCUT2D eigenvalue weighted by Gasteiger charge is -2.30. The van der Waals surface area contributed by atoms with Gasteiger partial charge in [0.05, 0.1) is 6.07 Å². The van der Waals surface area contributed by atoms with Crippen molar-refractivity contribution in [3.8, 4) is 6.07 Å². The molecule has 16 heavy (non-hydrogen) atoms. The van der Waals surface area contributed by atoms with Gasteiger partial charge in [-0.15, -0.1) is 0 Å². The van der Waals surface area contributed by atoms with Crippen molar-refractivity contribution in [1.29, 1.82) is 5.26 Å². The van der Waals surface area contributed by atoms with Crippen LogP contribution >= 0.6 is 0 Å². The van der Waals surface area contributed by atoms with Crippen LogP contribution in [0.1, 0.15) is 19.8 Å². The van der Waals surface area contributed by atoms with Crippen LogP contribution in [0.2, 0.25) is 0 Å². The maximum absolute atomic E-state index is 8.68. The number of likely N-dealkylation sites (tertiary alicyclic amines) is 1. The van der Waals surface area contributed by atoms with E-state index in [0.29, 0.717) is 5.57 Å². The molecule has 1 aliphatic rings. The van der Waals surface area contributed by atoms with Gasteiger partial charge in [0.1, 0.15) is 0 Å². The van der Waals surface area contributed by atoms with E-state index < -0.39 is 0 Å². The van der Waals surface area contributed by atoms with Crippen LogP contribution in [0.3, 0.4) is 0 Å². The lowest BCUT2D eigenvalue weighted by atomic mass is 9.98. The summed E-state index contributed by atoms with van der Waals surface area (Å²) in [6.07, 6.45) is 6.18. The molecule has 1 rings (SSSR count). The van der Waals surface area contributed by atoms with Crippen LogP contribution in [-0.2, 0) is 0 Å². The van der Waals surface area contributed by atoms with Crippen molar-refractivity contribution in [2.45, 2.75) is 19.8 Å². The first-order valence-corrected chi connectivity index (χ1v) is 5.80. The Morgan fingerprint density at radius 2 is 2.12 bits per heavy atom. The predicted octanol–water partition coefficient (Wildman–Crippen LogP) is 2.91. The van der Waals surface area contributed by atoms with E-state index in [4.69, 9.17) is 5.26 Å². The van der Waals surface area contributed by atoms with Crippen molar-refractivity contribution < 1.29 is 0 Å². The van der Waals surface area contributed by atoms with Crippen LogP contribution < -0.4 is 0 Å². The fraction of sp³-hybridized carbons (Fsp3) is 0.500. The third-order valence-electron chi connectivity index (χ3n) is 3.05. The predicted molar refractivity (Wildman–Crippen MR) is 67.9 cm³/mol. The van der Waals surface area contributed by atoms with E-state index in [-0.39, 0.29) is 0 Å². The van der Waals surface area contributed by atoms with E-state index in [1.54, 1.807) is 0 Å². The molecule has 2 heteroatoms. The first-order valence-electron chi connectivity index (χ1n) is 5.80. The largest absolute Gasteiger partial charge is 0.299 e. The molecule has 0 atom stereocenters. The zero-order valence-corrected chi connectivity index (χ0v) is 10.1. The minimum absolute atomic E-state index is 0.500. The molecule has 0 N–H and O–H groups in total. The number of hydrogen-bond donors (Lipinski definition) is 0. The van der Waals surface area contributed by atoms with Gasteiger partial charge in [-0.1, -0.05) is 26.2 Å². The zero-order valence-electron chi connectivity index (χ0n) is 10.1. The Morgan fingerprint density at radius 3 is 2.62 bits per heavy atom. The van der Waals surface area contributed by atoms with Crippen LogP contribution in [0.15, 0.2) is 36.5 Å². The topological polar surface area (TPSA) is 27.0 Å². The number of hydrogen-bond acceptors (Lipinski definition) is 2. The highest BCUT2D eigenvalue weighted by molar-refractivity contribution is 5.36. The van der Waals surface area contributed by atoms with E-state index in [1.807, 2.05) is 18.2 Å². The molecule has 0 amide bonds. The second-order valence-electron chi connectivity index (χ2n) is 4.52. The van der Waals surface area contributed by atoms with Crippen molar-refractivity contribution in [1.82, 2.24) is 4.90 Å². The molecule has 0 aliphatic carbocycles. The van der Waals surface area contributed by atoms with Gasteiger partial charge in [0.25, 0.3) is 0 Å². The van der Waals surface area contributed by atoms with Crippen LogP contribution in [0.25, 0.3) is 0 Å². The number of nitriles is 1. The highest BCUT2D eigenvalue weighted by atomic mass is 15.1. The molecule has 2 nitrogen and oxygen atoms in total. The average molecular weight is 216 g/mol. The minimum atomic E-state index is 0.500. The number of rotatable bonds is 4. The van der Waals surface area contributed by atoms with E-state index in [9.17, 15) is 0 Å². The van der Waals surface area contributed by atoms with Crippen molar-refractivity contribution in [2.24, 2.45) is 5.92 Å². The van der Waals surface area contributed by atoms with Crippen molar-refractivity contribution in [3.63, 3.8) is 0 Å². The Hall–Kier alpha value is -1.33. The smallest absolute Gasteiger partial charge is 0.0985 e. The van der Waals surface area contributed by atoms with Gasteiger partial charge in [0.15, 0.2) is 0 Å². The summed E-state index contributed by atoms with van der Waals surface area (Å²) >= 11 is 0. The summed E-state index contributed by atoms with van der Waals surface area (Å²) in [7, 11) is 0. The molecule has 0 radical (unpaired) electrons. The Kier molecular flexibility index (Phi) is 5.01. The minimum Gasteiger partial charge on any atom is -0.299 e. The lowest BCUT2D eigenvalue weighted by Crippen LogP contribution is -2.34. The van der Waals surface area contributed by atoms with Gasteiger partial charge >= 0.3 is 0 Å². The molecule has 1 aliphatic heterocycles. The van der Waals surface area contributed by atoms with Gasteiger partial charge in [-0.2, -0.15) is 5.26 Å². The molecule has 0 unspecified atom stereocenters. The SMILES string of the molecule is C=C/C(=C\C(=C)C#N)CN1CCC(C)CC1. The normalized spacial score (nSPS) is 19.1. The summed E-state index contributed by atoms with van der Waals surface area (Å²) in [5.74, 6) is 0.849. The standard InChI is InChI=1S/C14H20N2/c1-4-14(9-13(3)10-15)11-16-7-5-12(2)6-8-16/h4,9,12H,1,3,5-8,11H2,2H3/b14-9+. The van der Waals surface area contributed by atoms with Crippen molar-refractivity contribution in [3.05, 3.63) is 36.5 Å². The molecule has 1 saturated heterocycles. The second-order valence-corrected chi connectivity index (χ2v) is 4.52. The van der Waals surface area contributed by atoms with Crippen LogP contribution in [0.4, 0.5) is 0 Å².